The average Bonchev–Trinajstić information content (AvgIpc) is 2.90. The van der Waals surface area contributed by atoms with Gasteiger partial charge in [0.05, 0.1) is 28.4 Å². The van der Waals surface area contributed by atoms with Gasteiger partial charge in [0.25, 0.3) is 5.91 Å². The molecule has 0 aliphatic carbocycles. The number of benzene rings is 3. The van der Waals surface area contributed by atoms with Crippen molar-refractivity contribution in [3.8, 4) is 17.3 Å². The molecule has 174 valence electrons. The zero-order chi connectivity index (χ0) is 24.8. The van der Waals surface area contributed by atoms with Crippen molar-refractivity contribution in [2.24, 2.45) is 0 Å². The molecule has 0 aliphatic rings. The summed E-state index contributed by atoms with van der Waals surface area (Å²) in [6.45, 7) is 3.89. The molecule has 0 saturated carbocycles. The molecule has 1 heterocycles. The molecule has 1 aromatic heterocycles. The van der Waals surface area contributed by atoms with Gasteiger partial charge in [-0.15, -0.1) is 0 Å². The minimum Gasteiger partial charge on any atom is -0.452 e. The first-order valence-corrected chi connectivity index (χ1v) is 11.5. The molecule has 1 unspecified atom stereocenters. The third-order valence-corrected chi connectivity index (χ3v) is 5.93. The quantitative estimate of drug-likeness (QED) is 0.335. The van der Waals surface area contributed by atoms with E-state index in [2.05, 4.69) is 31.3 Å². The fourth-order valence-corrected chi connectivity index (χ4v) is 3.78. The minimum absolute atomic E-state index is 0.343. The van der Waals surface area contributed by atoms with Crippen molar-refractivity contribution in [3.63, 3.8) is 0 Å². The molecule has 1 atom stereocenters. The Hall–Kier alpha value is -4.50. The summed E-state index contributed by atoms with van der Waals surface area (Å²) in [7, 11) is 0. The lowest BCUT2D eigenvalue weighted by Crippen LogP contribution is -2.21. The van der Waals surface area contributed by atoms with Crippen LogP contribution >= 0.6 is 0 Å². The van der Waals surface area contributed by atoms with Crippen molar-refractivity contribution in [1.82, 2.24) is 4.98 Å². The minimum atomic E-state index is -0.609. The molecule has 1 N–H and O–H groups in total. The Kier molecular flexibility index (Phi) is 7.18. The number of carbonyl (C=O) groups is 2. The second kappa shape index (κ2) is 10.6. The van der Waals surface area contributed by atoms with E-state index in [9.17, 15) is 9.59 Å². The molecule has 0 bridgehead atoms. The van der Waals surface area contributed by atoms with Crippen molar-refractivity contribution in [2.45, 2.75) is 26.2 Å². The lowest BCUT2D eigenvalue weighted by Gasteiger charge is -2.12. The first kappa shape index (κ1) is 23.7. The van der Waals surface area contributed by atoms with Crippen molar-refractivity contribution in [3.05, 3.63) is 95.6 Å². The van der Waals surface area contributed by atoms with E-state index in [0.717, 1.165) is 12.0 Å². The second-order valence-corrected chi connectivity index (χ2v) is 8.32. The fraction of sp³-hybridized carbons (Fsp3) is 0.172. The Bertz CT molecular complexity index is 1420. The number of hydrogen-bond acceptors (Lipinski definition) is 5. The van der Waals surface area contributed by atoms with Gasteiger partial charge in [-0.2, -0.15) is 5.26 Å². The number of nitriles is 1. The maximum Gasteiger partial charge on any atom is 0.339 e. The number of nitrogens with zero attached hydrogens (tertiary/aromatic N) is 2. The van der Waals surface area contributed by atoms with Gasteiger partial charge >= 0.3 is 5.97 Å². The summed E-state index contributed by atoms with van der Waals surface area (Å²) in [5.74, 6) is -0.637. The van der Waals surface area contributed by atoms with Gasteiger partial charge in [-0.1, -0.05) is 62.4 Å². The van der Waals surface area contributed by atoms with Crippen LogP contribution in [0.4, 0.5) is 5.69 Å². The van der Waals surface area contributed by atoms with Crippen LogP contribution in [0.1, 0.15) is 47.7 Å². The average molecular weight is 464 g/mol. The summed E-state index contributed by atoms with van der Waals surface area (Å²) in [6.07, 6.45) is 1.06. The van der Waals surface area contributed by atoms with Gasteiger partial charge in [0, 0.05) is 16.6 Å². The topological polar surface area (TPSA) is 92.1 Å². The molecule has 0 saturated heterocycles. The summed E-state index contributed by atoms with van der Waals surface area (Å²) in [5.41, 5.74) is 4.70. The first-order valence-electron chi connectivity index (χ1n) is 11.5. The molecule has 1 amide bonds. The van der Waals surface area contributed by atoms with Crippen molar-refractivity contribution >= 4 is 28.5 Å². The number of fused-ring (bicyclic) bond motifs is 1. The Morgan fingerprint density at radius 1 is 1.03 bits per heavy atom. The van der Waals surface area contributed by atoms with Crippen LogP contribution in [0.3, 0.4) is 0 Å². The number of hydrogen-bond donors (Lipinski definition) is 1. The highest BCUT2D eigenvalue weighted by Crippen LogP contribution is 2.27. The van der Waals surface area contributed by atoms with Crippen LogP contribution in [0.5, 0.6) is 0 Å². The van der Waals surface area contributed by atoms with Gasteiger partial charge in [-0.3, -0.25) is 4.79 Å². The standard InChI is InChI=1S/C29H25N3O3/c1-3-19(2)21-11-13-22(14-12-21)27-16-25(24-9-4-5-10-26(24)32-27)29(34)35-18-28(33)31-23-8-6-7-20(15-23)17-30/h4-16,19H,3,18H2,1-2H3,(H,31,33). The van der Waals surface area contributed by atoms with E-state index < -0.39 is 18.5 Å². The number of esters is 1. The van der Waals surface area contributed by atoms with E-state index in [4.69, 9.17) is 15.0 Å². The summed E-state index contributed by atoms with van der Waals surface area (Å²) in [6, 6.07) is 25.8. The van der Waals surface area contributed by atoms with E-state index in [1.54, 1.807) is 30.3 Å². The number of ether oxygens (including phenoxy) is 1. The molecule has 4 rings (SSSR count). The first-order chi connectivity index (χ1) is 17.0. The fourth-order valence-electron chi connectivity index (χ4n) is 3.78. The second-order valence-electron chi connectivity index (χ2n) is 8.32. The van der Waals surface area contributed by atoms with E-state index in [0.29, 0.717) is 39.3 Å². The number of anilines is 1. The lowest BCUT2D eigenvalue weighted by atomic mass is 9.96. The van der Waals surface area contributed by atoms with Crippen LogP contribution in [0.2, 0.25) is 0 Å². The Morgan fingerprint density at radius 3 is 2.54 bits per heavy atom. The largest absolute Gasteiger partial charge is 0.452 e. The normalized spacial score (nSPS) is 11.5. The molecule has 0 spiro atoms. The predicted molar refractivity (Wildman–Crippen MR) is 136 cm³/mol. The van der Waals surface area contributed by atoms with E-state index >= 15 is 0 Å². The summed E-state index contributed by atoms with van der Waals surface area (Å²) in [4.78, 5) is 30.1. The van der Waals surface area contributed by atoms with Crippen molar-refractivity contribution in [1.29, 1.82) is 5.26 Å². The van der Waals surface area contributed by atoms with Crippen molar-refractivity contribution in [2.75, 3.05) is 11.9 Å². The SMILES string of the molecule is CCC(C)c1ccc(-c2cc(C(=O)OCC(=O)Nc3cccc(C#N)c3)c3ccccc3n2)cc1. The highest BCUT2D eigenvalue weighted by atomic mass is 16.5. The summed E-state index contributed by atoms with van der Waals surface area (Å²) >= 11 is 0. The van der Waals surface area contributed by atoms with E-state index in [1.165, 1.54) is 5.56 Å². The monoisotopic (exact) mass is 463 g/mol. The number of nitrogens with one attached hydrogen (secondary N) is 1. The highest BCUT2D eigenvalue weighted by Gasteiger charge is 2.17. The van der Waals surface area contributed by atoms with Gasteiger partial charge in [0.2, 0.25) is 0 Å². The summed E-state index contributed by atoms with van der Waals surface area (Å²) in [5, 5.41) is 12.3. The van der Waals surface area contributed by atoms with Crippen LogP contribution in [0, 0.1) is 11.3 Å². The van der Waals surface area contributed by atoms with Crippen LogP contribution in [-0.2, 0) is 9.53 Å². The Labute approximate surface area is 204 Å². The molecule has 3 aromatic carbocycles. The zero-order valence-electron chi connectivity index (χ0n) is 19.6. The molecule has 0 radical (unpaired) electrons. The number of para-hydroxylation sites is 1. The number of amides is 1. The highest BCUT2D eigenvalue weighted by molar-refractivity contribution is 6.05. The van der Waals surface area contributed by atoms with Gasteiger partial charge in [0.1, 0.15) is 0 Å². The van der Waals surface area contributed by atoms with Crippen LogP contribution in [0.15, 0.2) is 78.9 Å². The number of carbonyl (C=O) groups excluding carboxylic acids is 2. The number of rotatable bonds is 7. The molecule has 0 aliphatic heterocycles. The Balaban J connectivity index is 1.55. The maximum atomic E-state index is 13.0. The zero-order valence-corrected chi connectivity index (χ0v) is 19.6. The van der Waals surface area contributed by atoms with Gasteiger partial charge in [-0.05, 0) is 48.2 Å². The van der Waals surface area contributed by atoms with E-state index in [-0.39, 0.29) is 0 Å². The smallest absolute Gasteiger partial charge is 0.339 e. The summed E-state index contributed by atoms with van der Waals surface area (Å²) < 4.78 is 5.34. The molecule has 6 nitrogen and oxygen atoms in total. The molecule has 6 heteroatoms. The maximum absolute atomic E-state index is 13.0. The molecular formula is C29H25N3O3. The molecule has 0 fully saturated rings. The van der Waals surface area contributed by atoms with Crippen LogP contribution < -0.4 is 5.32 Å². The Morgan fingerprint density at radius 2 is 1.80 bits per heavy atom. The third-order valence-electron chi connectivity index (χ3n) is 5.93. The van der Waals surface area contributed by atoms with Crippen molar-refractivity contribution < 1.29 is 14.3 Å². The molecular weight excluding hydrogens is 438 g/mol. The molecule has 4 aromatic rings. The number of pyridine rings is 1. The third kappa shape index (κ3) is 5.53. The van der Waals surface area contributed by atoms with E-state index in [1.807, 2.05) is 42.5 Å². The number of aromatic nitrogens is 1. The predicted octanol–water partition coefficient (Wildman–Crippen LogP) is 6.08. The van der Waals surface area contributed by atoms with Crippen LogP contribution in [0.25, 0.3) is 22.2 Å². The van der Waals surface area contributed by atoms with Crippen LogP contribution in [-0.4, -0.2) is 23.5 Å². The van der Waals surface area contributed by atoms with Gasteiger partial charge < -0.3 is 10.1 Å². The van der Waals surface area contributed by atoms with Gasteiger partial charge in [0.15, 0.2) is 6.61 Å². The van der Waals surface area contributed by atoms with Gasteiger partial charge in [-0.25, -0.2) is 9.78 Å². The lowest BCUT2D eigenvalue weighted by molar-refractivity contribution is -0.119. The molecule has 35 heavy (non-hydrogen) atoms.